The molecule has 0 aliphatic carbocycles. The van der Waals surface area contributed by atoms with E-state index in [0.29, 0.717) is 5.92 Å². The van der Waals surface area contributed by atoms with Crippen molar-refractivity contribution in [2.45, 2.75) is 111 Å². The number of hydrogen-bond acceptors (Lipinski definition) is 0. The fourth-order valence-electron chi connectivity index (χ4n) is 3.36. The maximum Gasteiger partial charge on any atom is 0.00205 e. The molecule has 0 aliphatic rings. The van der Waals surface area contributed by atoms with Gasteiger partial charge in [-0.2, -0.15) is 0 Å². The highest BCUT2D eigenvalue weighted by Gasteiger charge is 2.13. The fraction of sp³-hybridized carbons (Fsp3) is 0.643. The lowest BCUT2D eigenvalue weighted by Crippen LogP contribution is -2.04. The molecular weight excluding hydrogens is 336 g/mol. The Labute approximate surface area is 177 Å². The van der Waals surface area contributed by atoms with Gasteiger partial charge in [-0.3, -0.25) is 0 Å². The van der Waals surface area contributed by atoms with Crippen molar-refractivity contribution in [3.8, 4) is 0 Å². The van der Waals surface area contributed by atoms with Gasteiger partial charge in [0.15, 0.2) is 0 Å². The Kier molecular flexibility index (Phi) is 19.5. The first-order chi connectivity index (χ1) is 13.7. The van der Waals surface area contributed by atoms with Crippen LogP contribution < -0.4 is 0 Å². The van der Waals surface area contributed by atoms with Crippen LogP contribution in [0.3, 0.4) is 0 Å². The van der Waals surface area contributed by atoms with Crippen LogP contribution in [0.4, 0.5) is 0 Å². The van der Waals surface area contributed by atoms with Crippen LogP contribution in [0.2, 0.25) is 0 Å². The minimum absolute atomic E-state index is 0.550. The highest BCUT2D eigenvalue weighted by atomic mass is 14.2. The molecule has 0 amide bonds. The molecule has 0 nitrogen and oxygen atoms in total. The van der Waals surface area contributed by atoms with Crippen LogP contribution in [0, 0.1) is 5.92 Å². The Morgan fingerprint density at radius 2 is 1.39 bits per heavy atom. The second-order valence-electron chi connectivity index (χ2n) is 7.86. The van der Waals surface area contributed by atoms with Gasteiger partial charge in [0.2, 0.25) is 0 Å². The monoisotopic (exact) mass is 384 g/mol. The zero-order chi connectivity index (χ0) is 20.9. The molecular formula is C28H48. The molecule has 1 atom stereocenters. The molecule has 0 fully saturated rings. The van der Waals surface area contributed by atoms with E-state index in [9.17, 15) is 0 Å². The summed E-state index contributed by atoms with van der Waals surface area (Å²) in [5.41, 5.74) is 3.11. The van der Waals surface area contributed by atoms with Gasteiger partial charge in [0.1, 0.15) is 0 Å². The van der Waals surface area contributed by atoms with Gasteiger partial charge in [0.25, 0.3) is 0 Å². The van der Waals surface area contributed by atoms with E-state index in [1.165, 1.54) is 70.6 Å². The molecule has 0 aromatic rings. The lowest BCUT2D eigenvalue weighted by atomic mass is 9.86. The minimum atomic E-state index is 0.550. The zero-order valence-electron chi connectivity index (χ0n) is 19.5. The Hall–Kier alpha value is -1.30. The highest BCUT2D eigenvalue weighted by Crippen LogP contribution is 2.28. The van der Waals surface area contributed by atoms with Crippen LogP contribution in [0.25, 0.3) is 0 Å². The van der Waals surface area contributed by atoms with Gasteiger partial charge in [-0.15, -0.1) is 6.58 Å². The van der Waals surface area contributed by atoms with Crippen molar-refractivity contribution >= 4 is 0 Å². The molecule has 0 spiro atoms. The Morgan fingerprint density at radius 3 is 2.04 bits per heavy atom. The van der Waals surface area contributed by atoms with Crippen LogP contribution in [-0.4, -0.2) is 0 Å². The lowest BCUT2D eigenvalue weighted by Gasteiger charge is -2.19. The summed E-state index contributed by atoms with van der Waals surface area (Å²) < 4.78 is 0. The molecule has 0 saturated heterocycles. The predicted molar refractivity (Wildman–Crippen MR) is 131 cm³/mol. The third-order valence-corrected chi connectivity index (χ3v) is 5.11. The lowest BCUT2D eigenvalue weighted by molar-refractivity contribution is 0.618. The summed E-state index contributed by atoms with van der Waals surface area (Å²) in [5, 5.41) is 0. The normalized spacial score (nSPS) is 14.3. The van der Waals surface area contributed by atoms with Gasteiger partial charge in [-0.1, -0.05) is 109 Å². The highest BCUT2D eigenvalue weighted by molar-refractivity contribution is 5.37. The van der Waals surface area contributed by atoms with Crippen molar-refractivity contribution in [2.24, 2.45) is 5.92 Å². The van der Waals surface area contributed by atoms with Gasteiger partial charge in [0, 0.05) is 5.92 Å². The van der Waals surface area contributed by atoms with Crippen LogP contribution >= 0.6 is 0 Å². The van der Waals surface area contributed by atoms with E-state index in [4.69, 9.17) is 0 Å². The molecule has 0 radical (unpaired) electrons. The van der Waals surface area contributed by atoms with Crippen molar-refractivity contribution in [1.29, 1.82) is 0 Å². The smallest absolute Gasteiger partial charge is 0.00205 e. The molecule has 0 N–H and O–H groups in total. The van der Waals surface area contributed by atoms with E-state index in [1.807, 2.05) is 0 Å². The minimum Gasteiger partial charge on any atom is -0.103 e. The molecule has 0 bridgehead atoms. The second-order valence-corrected chi connectivity index (χ2v) is 7.86. The molecule has 0 aromatic carbocycles. The molecule has 160 valence electrons. The van der Waals surface area contributed by atoms with E-state index in [1.54, 1.807) is 11.1 Å². The van der Waals surface area contributed by atoms with Crippen LogP contribution in [-0.2, 0) is 0 Å². The van der Waals surface area contributed by atoms with Gasteiger partial charge in [0.05, 0.1) is 0 Å². The number of unbranched alkanes of at least 4 members (excludes halogenated alkanes) is 6. The van der Waals surface area contributed by atoms with Crippen LogP contribution in [0.1, 0.15) is 111 Å². The maximum absolute atomic E-state index is 3.92. The molecule has 0 aromatic heterocycles. The third kappa shape index (κ3) is 13.8. The standard InChI is InChI=1S/C28H48/c1-6-11-16-20-24-27(23-18-13-8-3)28(25-19-14-9-4)26(21-15-10-5)22-17-12-7-2/h8,17,19-20,22,24-26H,3,6-7,9-16,18,21,23H2,1-2,4-5H3. The van der Waals surface area contributed by atoms with Gasteiger partial charge >= 0.3 is 0 Å². The first-order valence-electron chi connectivity index (χ1n) is 12.1. The summed E-state index contributed by atoms with van der Waals surface area (Å²) in [5.74, 6) is 0.550. The first-order valence-corrected chi connectivity index (χ1v) is 12.1. The average Bonchev–Trinajstić information content (AvgIpc) is 2.71. The quantitative estimate of drug-likeness (QED) is 0.125. The van der Waals surface area contributed by atoms with Crippen molar-refractivity contribution in [2.75, 3.05) is 0 Å². The Morgan fingerprint density at radius 1 is 0.714 bits per heavy atom. The Balaban J connectivity index is 5.86. The average molecular weight is 385 g/mol. The largest absolute Gasteiger partial charge is 0.103 e. The molecule has 0 heterocycles. The molecule has 1 unspecified atom stereocenters. The summed E-state index contributed by atoms with van der Waals surface area (Å²) in [6.45, 7) is 13.0. The second kappa shape index (κ2) is 20.4. The zero-order valence-corrected chi connectivity index (χ0v) is 19.5. The van der Waals surface area contributed by atoms with Gasteiger partial charge in [-0.25, -0.2) is 0 Å². The summed E-state index contributed by atoms with van der Waals surface area (Å²) >= 11 is 0. The molecule has 0 heteroatoms. The van der Waals surface area contributed by atoms with Gasteiger partial charge in [-0.05, 0) is 56.1 Å². The molecule has 0 rings (SSSR count). The van der Waals surface area contributed by atoms with E-state index < -0.39 is 0 Å². The van der Waals surface area contributed by atoms with Crippen LogP contribution in [0.5, 0.6) is 0 Å². The fourth-order valence-corrected chi connectivity index (χ4v) is 3.36. The van der Waals surface area contributed by atoms with E-state index in [0.717, 1.165) is 12.8 Å². The van der Waals surface area contributed by atoms with Crippen molar-refractivity contribution in [3.05, 3.63) is 60.3 Å². The molecule has 0 saturated carbocycles. The van der Waals surface area contributed by atoms with E-state index >= 15 is 0 Å². The molecule has 28 heavy (non-hydrogen) atoms. The third-order valence-electron chi connectivity index (χ3n) is 5.11. The Bertz CT molecular complexity index is 472. The first kappa shape index (κ1) is 26.7. The topological polar surface area (TPSA) is 0 Å². The number of allylic oxidation sites excluding steroid dienone is 9. The summed E-state index contributed by atoms with van der Waals surface area (Å²) in [6.07, 6.45) is 32.5. The summed E-state index contributed by atoms with van der Waals surface area (Å²) in [6, 6.07) is 0. The van der Waals surface area contributed by atoms with Crippen molar-refractivity contribution in [1.82, 2.24) is 0 Å². The summed E-state index contributed by atoms with van der Waals surface area (Å²) in [4.78, 5) is 0. The predicted octanol–water partition coefficient (Wildman–Crippen LogP) is 9.90. The van der Waals surface area contributed by atoms with Crippen LogP contribution in [0.15, 0.2) is 60.3 Å². The van der Waals surface area contributed by atoms with Crippen molar-refractivity contribution < 1.29 is 0 Å². The summed E-state index contributed by atoms with van der Waals surface area (Å²) in [7, 11) is 0. The van der Waals surface area contributed by atoms with Gasteiger partial charge < -0.3 is 0 Å². The molecule has 0 aliphatic heterocycles. The van der Waals surface area contributed by atoms with Crippen molar-refractivity contribution in [3.63, 3.8) is 0 Å². The number of hydrogen-bond donors (Lipinski definition) is 0. The maximum atomic E-state index is 3.92. The SMILES string of the molecule is C=CCCCC(C=CCCCC)=C(C=CCCC)C(C=CCCC)CCCC. The number of rotatable bonds is 18. The van der Waals surface area contributed by atoms with E-state index in [2.05, 4.69) is 76.8 Å². The van der Waals surface area contributed by atoms with E-state index in [-0.39, 0.29) is 0 Å².